The number of benzene rings is 2. The smallest absolute Gasteiger partial charge is 0.164 e. The molecule has 0 aromatic heterocycles. The number of ether oxygens (including phenoxy) is 6. The summed E-state index contributed by atoms with van der Waals surface area (Å²) in [5.41, 5.74) is -3.81. The third-order valence-corrected chi connectivity index (χ3v) is 7.20. The second-order valence-corrected chi connectivity index (χ2v) is 10.2. The van der Waals surface area contributed by atoms with Crippen LogP contribution in [0.1, 0.15) is 24.5 Å². The molecule has 0 aliphatic heterocycles. The van der Waals surface area contributed by atoms with Crippen molar-refractivity contribution in [2.45, 2.75) is 55.7 Å². The standard InChI is InChI=1S/C30H44O12/c1-17(2)13-29(35,14-18-9-23(39-5)25(41-7)11-21(18)37-3)28(34)30(36,27(33)20(32)16-31)15-19-10-24(40-6)26(42-8)12-22(19)38-4/h9-12,20,27-28,31-36H,1,13-16H2,2-8H3/t20-,27+,28+,29?,30+/m0/s1. The highest BCUT2D eigenvalue weighted by Gasteiger charge is 2.55. The fraction of sp³-hybridized carbons (Fsp3) is 0.533. The van der Waals surface area contributed by atoms with Crippen molar-refractivity contribution in [2.75, 3.05) is 49.3 Å². The van der Waals surface area contributed by atoms with E-state index in [0.29, 0.717) is 34.1 Å². The lowest BCUT2D eigenvalue weighted by molar-refractivity contribution is -0.228. The number of aliphatic hydroxyl groups excluding tert-OH is 4. The number of methoxy groups -OCH3 is 6. The van der Waals surface area contributed by atoms with Crippen LogP contribution in [0.4, 0.5) is 0 Å². The van der Waals surface area contributed by atoms with Gasteiger partial charge in [-0.2, -0.15) is 0 Å². The van der Waals surface area contributed by atoms with Crippen LogP contribution < -0.4 is 28.4 Å². The van der Waals surface area contributed by atoms with E-state index in [1.807, 2.05) is 0 Å². The van der Waals surface area contributed by atoms with Gasteiger partial charge in [-0.05, 0) is 25.5 Å². The van der Waals surface area contributed by atoms with Gasteiger partial charge in [0, 0.05) is 36.1 Å². The zero-order valence-electron chi connectivity index (χ0n) is 25.2. The van der Waals surface area contributed by atoms with E-state index >= 15 is 0 Å². The van der Waals surface area contributed by atoms with Gasteiger partial charge in [0.15, 0.2) is 23.0 Å². The Morgan fingerprint density at radius 3 is 1.43 bits per heavy atom. The Hall–Kier alpha value is -3.26. The van der Waals surface area contributed by atoms with Crippen molar-refractivity contribution in [3.8, 4) is 34.5 Å². The lowest BCUT2D eigenvalue weighted by Gasteiger charge is -2.46. The maximum atomic E-state index is 12.1. The minimum atomic E-state index is -2.66. The first-order valence-electron chi connectivity index (χ1n) is 13.1. The molecule has 0 aliphatic carbocycles. The molecule has 0 bridgehead atoms. The molecule has 12 heteroatoms. The quantitative estimate of drug-likeness (QED) is 0.143. The summed E-state index contributed by atoms with van der Waals surface area (Å²) < 4.78 is 32.4. The van der Waals surface area contributed by atoms with E-state index in [4.69, 9.17) is 28.4 Å². The first kappa shape index (κ1) is 34.9. The Morgan fingerprint density at radius 1 is 0.690 bits per heavy atom. The molecule has 5 atom stereocenters. The fourth-order valence-corrected chi connectivity index (χ4v) is 5.14. The number of hydrogen-bond acceptors (Lipinski definition) is 12. The molecule has 2 rings (SSSR count). The Morgan fingerprint density at radius 2 is 1.07 bits per heavy atom. The van der Waals surface area contributed by atoms with E-state index in [9.17, 15) is 30.6 Å². The Bertz CT molecular complexity index is 1200. The highest BCUT2D eigenvalue weighted by molar-refractivity contribution is 5.52. The Labute approximate surface area is 246 Å². The van der Waals surface area contributed by atoms with Crippen LogP contribution in [0.15, 0.2) is 36.4 Å². The maximum absolute atomic E-state index is 12.1. The van der Waals surface area contributed by atoms with E-state index in [0.717, 1.165) is 0 Å². The third-order valence-electron chi connectivity index (χ3n) is 7.20. The van der Waals surface area contributed by atoms with E-state index in [1.165, 1.54) is 54.8 Å². The van der Waals surface area contributed by atoms with Crippen LogP contribution in [0.2, 0.25) is 0 Å². The molecule has 42 heavy (non-hydrogen) atoms. The fourth-order valence-electron chi connectivity index (χ4n) is 5.14. The highest BCUT2D eigenvalue weighted by atomic mass is 16.5. The monoisotopic (exact) mass is 596 g/mol. The van der Waals surface area contributed by atoms with Gasteiger partial charge in [0.25, 0.3) is 0 Å². The first-order valence-corrected chi connectivity index (χ1v) is 13.1. The van der Waals surface area contributed by atoms with Crippen molar-refractivity contribution < 1.29 is 59.1 Å². The zero-order valence-corrected chi connectivity index (χ0v) is 25.2. The van der Waals surface area contributed by atoms with Crippen molar-refractivity contribution in [3.63, 3.8) is 0 Å². The van der Waals surface area contributed by atoms with Gasteiger partial charge < -0.3 is 59.1 Å². The average Bonchev–Trinajstić information content (AvgIpc) is 2.98. The molecule has 6 N–H and O–H groups in total. The summed E-state index contributed by atoms with van der Waals surface area (Å²) in [5.74, 6) is 1.75. The molecule has 0 amide bonds. The largest absolute Gasteiger partial charge is 0.496 e. The van der Waals surface area contributed by atoms with Crippen LogP contribution >= 0.6 is 0 Å². The minimum absolute atomic E-state index is 0.203. The molecular weight excluding hydrogens is 552 g/mol. The van der Waals surface area contributed by atoms with Crippen LogP contribution in [0.25, 0.3) is 0 Å². The van der Waals surface area contributed by atoms with Crippen LogP contribution in [0, 0.1) is 0 Å². The van der Waals surface area contributed by atoms with E-state index in [2.05, 4.69) is 6.58 Å². The van der Waals surface area contributed by atoms with Crippen LogP contribution in [0.5, 0.6) is 34.5 Å². The number of hydrogen-bond donors (Lipinski definition) is 6. The SMILES string of the molecule is C=C(C)CC(O)(Cc1cc(OC)c(OC)cc1OC)[C@@H](O)[C@@](O)(Cc1cc(OC)c(OC)cc1OC)[C@H](O)[C@@H](O)CO. The molecule has 236 valence electrons. The average molecular weight is 597 g/mol. The normalized spacial score (nSPS) is 16.3. The summed E-state index contributed by atoms with van der Waals surface area (Å²) in [6.45, 7) is 4.55. The lowest BCUT2D eigenvalue weighted by atomic mass is 9.71. The Balaban J connectivity index is 2.77. The van der Waals surface area contributed by atoms with Gasteiger partial charge in [-0.3, -0.25) is 0 Å². The number of rotatable bonds is 17. The molecule has 0 spiro atoms. The number of aliphatic hydroxyl groups is 6. The maximum Gasteiger partial charge on any atom is 0.164 e. The highest BCUT2D eigenvalue weighted by Crippen LogP contribution is 2.42. The summed E-state index contributed by atoms with van der Waals surface area (Å²) in [6, 6.07) is 6.07. The summed E-state index contributed by atoms with van der Waals surface area (Å²) in [7, 11) is 8.51. The molecule has 2 aromatic carbocycles. The van der Waals surface area contributed by atoms with Gasteiger partial charge in [0.05, 0.1) is 49.3 Å². The minimum Gasteiger partial charge on any atom is -0.496 e. The van der Waals surface area contributed by atoms with Crippen LogP contribution in [-0.2, 0) is 12.8 Å². The van der Waals surface area contributed by atoms with Gasteiger partial charge in [-0.25, -0.2) is 0 Å². The van der Waals surface area contributed by atoms with Gasteiger partial charge in [-0.1, -0.05) is 5.57 Å². The van der Waals surface area contributed by atoms with Gasteiger partial charge in [0.1, 0.15) is 41.0 Å². The molecule has 12 nitrogen and oxygen atoms in total. The molecule has 0 saturated heterocycles. The Kier molecular flexibility index (Phi) is 12.3. The van der Waals surface area contributed by atoms with Gasteiger partial charge in [-0.15, -0.1) is 6.58 Å². The van der Waals surface area contributed by atoms with Crippen LogP contribution in [-0.4, -0.2) is 109 Å². The van der Waals surface area contributed by atoms with E-state index in [1.54, 1.807) is 19.1 Å². The molecule has 0 fully saturated rings. The predicted molar refractivity (Wildman–Crippen MR) is 154 cm³/mol. The molecule has 0 radical (unpaired) electrons. The topological polar surface area (TPSA) is 177 Å². The molecule has 0 saturated carbocycles. The second-order valence-electron chi connectivity index (χ2n) is 10.2. The molecule has 0 heterocycles. The van der Waals surface area contributed by atoms with Gasteiger partial charge >= 0.3 is 0 Å². The van der Waals surface area contributed by atoms with Crippen LogP contribution in [0.3, 0.4) is 0 Å². The molecule has 1 unspecified atom stereocenters. The van der Waals surface area contributed by atoms with Crippen molar-refractivity contribution in [1.82, 2.24) is 0 Å². The van der Waals surface area contributed by atoms with Crippen molar-refractivity contribution in [1.29, 1.82) is 0 Å². The zero-order chi connectivity index (χ0) is 31.8. The molecule has 2 aromatic rings. The van der Waals surface area contributed by atoms with E-state index < -0.39 is 42.5 Å². The summed E-state index contributed by atoms with van der Waals surface area (Å²) in [6.07, 6.45) is -7.29. The van der Waals surface area contributed by atoms with E-state index in [-0.39, 0.29) is 29.9 Å². The first-order chi connectivity index (χ1) is 19.8. The summed E-state index contributed by atoms with van der Waals surface area (Å²) in [4.78, 5) is 0. The predicted octanol–water partition coefficient (Wildman–Crippen LogP) is 1.03. The summed E-state index contributed by atoms with van der Waals surface area (Å²) >= 11 is 0. The molecular formula is C30H44O12. The van der Waals surface area contributed by atoms with Crippen molar-refractivity contribution in [2.24, 2.45) is 0 Å². The second kappa shape index (κ2) is 14.8. The third kappa shape index (κ3) is 7.38. The lowest BCUT2D eigenvalue weighted by Crippen LogP contribution is -2.66. The summed E-state index contributed by atoms with van der Waals surface area (Å²) in [5, 5.41) is 67.3. The van der Waals surface area contributed by atoms with Crippen molar-refractivity contribution >= 4 is 0 Å². The van der Waals surface area contributed by atoms with Crippen molar-refractivity contribution in [3.05, 3.63) is 47.5 Å². The molecule has 0 aliphatic rings. The van der Waals surface area contributed by atoms with Gasteiger partial charge in [0.2, 0.25) is 0 Å².